The van der Waals surface area contributed by atoms with Crippen LogP contribution in [0.15, 0.2) is 0 Å². The third-order valence-electron chi connectivity index (χ3n) is 3.40. The van der Waals surface area contributed by atoms with Gasteiger partial charge >= 0.3 is 0 Å². The fourth-order valence-electron chi connectivity index (χ4n) is 2.23. The van der Waals surface area contributed by atoms with Gasteiger partial charge in [0.2, 0.25) is 0 Å². The monoisotopic (exact) mass is 272 g/mol. The molecule has 3 N–H and O–H groups in total. The summed E-state index contributed by atoms with van der Waals surface area (Å²) in [6.07, 6.45) is 11.7. The molecule has 0 heterocycles. The van der Waals surface area contributed by atoms with Crippen LogP contribution in [0, 0.1) is 0 Å². The first-order chi connectivity index (χ1) is 9.35. The highest BCUT2D eigenvalue weighted by atomic mass is 16.5. The van der Waals surface area contributed by atoms with Crippen molar-refractivity contribution in [3.8, 4) is 0 Å². The first-order valence-electron chi connectivity index (χ1n) is 8.37. The van der Waals surface area contributed by atoms with Gasteiger partial charge in [-0.1, -0.05) is 46.0 Å². The SMILES string of the molecule is CCCCCCC(CCC)OCCCNCCCN. The van der Waals surface area contributed by atoms with Crippen molar-refractivity contribution in [2.45, 2.75) is 77.7 Å². The van der Waals surface area contributed by atoms with Crippen LogP contribution in [-0.4, -0.2) is 32.3 Å². The maximum absolute atomic E-state index is 6.00. The summed E-state index contributed by atoms with van der Waals surface area (Å²) in [7, 11) is 0. The van der Waals surface area contributed by atoms with Gasteiger partial charge in [0.05, 0.1) is 6.10 Å². The third kappa shape index (κ3) is 14.1. The van der Waals surface area contributed by atoms with Gasteiger partial charge in [-0.25, -0.2) is 0 Å². The molecule has 19 heavy (non-hydrogen) atoms. The van der Waals surface area contributed by atoms with Crippen LogP contribution in [0.1, 0.15) is 71.6 Å². The van der Waals surface area contributed by atoms with E-state index >= 15 is 0 Å². The largest absolute Gasteiger partial charge is 0.378 e. The summed E-state index contributed by atoms with van der Waals surface area (Å²) < 4.78 is 6.00. The number of hydrogen-bond donors (Lipinski definition) is 2. The molecule has 1 atom stereocenters. The molecule has 3 heteroatoms. The molecule has 1 unspecified atom stereocenters. The summed E-state index contributed by atoms with van der Waals surface area (Å²) in [6.45, 7) is 8.27. The van der Waals surface area contributed by atoms with Gasteiger partial charge in [0.15, 0.2) is 0 Å². The van der Waals surface area contributed by atoms with Gasteiger partial charge < -0.3 is 15.8 Å². The van der Waals surface area contributed by atoms with Crippen LogP contribution in [0.4, 0.5) is 0 Å². The Labute approximate surface area is 120 Å². The Hall–Kier alpha value is -0.120. The first-order valence-corrected chi connectivity index (χ1v) is 8.37. The highest BCUT2D eigenvalue weighted by molar-refractivity contribution is 4.59. The molecule has 0 fully saturated rings. The van der Waals surface area contributed by atoms with E-state index in [1.54, 1.807) is 0 Å². The van der Waals surface area contributed by atoms with E-state index in [1.807, 2.05) is 0 Å². The number of unbranched alkanes of at least 4 members (excludes halogenated alkanes) is 3. The highest BCUT2D eigenvalue weighted by Crippen LogP contribution is 2.13. The summed E-state index contributed by atoms with van der Waals surface area (Å²) in [6, 6.07) is 0. The van der Waals surface area contributed by atoms with Crippen molar-refractivity contribution in [2.24, 2.45) is 5.73 Å². The first kappa shape index (κ1) is 18.9. The summed E-state index contributed by atoms with van der Waals surface area (Å²) in [5.74, 6) is 0. The maximum Gasteiger partial charge on any atom is 0.0575 e. The molecule has 116 valence electrons. The molecule has 3 nitrogen and oxygen atoms in total. The molecule has 0 spiro atoms. The molecule has 0 aromatic carbocycles. The molecule has 0 rings (SSSR count). The Morgan fingerprint density at radius 3 is 2.37 bits per heavy atom. The zero-order chi connectivity index (χ0) is 14.2. The second kappa shape index (κ2) is 15.9. The normalized spacial score (nSPS) is 12.8. The molecule has 0 aliphatic rings. The Balaban J connectivity index is 3.42. The van der Waals surface area contributed by atoms with Crippen molar-refractivity contribution < 1.29 is 4.74 Å². The lowest BCUT2D eigenvalue weighted by Gasteiger charge is -2.17. The van der Waals surface area contributed by atoms with Crippen LogP contribution < -0.4 is 11.1 Å². The van der Waals surface area contributed by atoms with Gasteiger partial charge in [0.25, 0.3) is 0 Å². The van der Waals surface area contributed by atoms with Crippen molar-refractivity contribution in [3.63, 3.8) is 0 Å². The van der Waals surface area contributed by atoms with Gasteiger partial charge in [-0.05, 0) is 45.3 Å². The van der Waals surface area contributed by atoms with E-state index in [-0.39, 0.29) is 0 Å². The van der Waals surface area contributed by atoms with E-state index in [9.17, 15) is 0 Å². The number of nitrogens with one attached hydrogen (secondary N) is 1. The summed E-state index contributed by atoms with van der Waals surface area (Å²) in [5, 5.41) is 3.39. The highest BCUT2D eigenvalue weighted by Gasteiger charge is 2.07. The number of rotatable bonds is 15. The van der Waals surface area contributed by atoms with E-state index in [0.29, 0.717) is 6.10 Å². The molecule has 0 aromatic rings. The second-order valence-corrected chi connectivity index (χ2v) is 5.38. The van der Waals surface area contributed by atoms with Crippen molar-refractivity contribution in [1.29, 1.82) is 0 Å². The van der Waals surface area contributed by atoms with Crippen LogP contribution in [0.3, 0.4) is 0 Å². The van der Waals surface area contributed by atoms with E-state index in [4.69, 9.17) is 10.5 Å². The van der Waals surface area contributed by atoms with Crippen LogP contribution in [0.5, 0.6) is 0 Å². The average Bonchev–Trinajstić information content (AvgIpc) is 2.42. The lowest BCUT2D eigenvalue weighted by Crippen LogP contribution is -2.21. The number of nitrogens with two attached hydrogens (primary N) is 1. The number of hydrogen-bond acceptors (Lipinski definition) is 3. The lowest BCUT2D eigenvalue weighted by molar-refractivity contribution is 0.0381. The molecule has 0 amide bonds. The van der Waals surface area contributed by atoms with Gasteiger partial charge in [-0.2, -0.15) is 0 Å². The smallest absolute Gasteiger partial charge is 0.0575 e. The maximum atomic E-state index is 6.00. The Morgan fingerprint density at radius 1 is 0.895 bits per heavy atom. The van der Waals surface area contributed by atoms with Crippen molar-refractivity contribution in [1.82, 2.24) is 5.32 Å². The standard InChI is InChI=1S/C16H36N2O/c1-3-5-6-7-11-16(10-4-2)19-15-9-14-18-13-8-12-17/h16,18H,3-15,17H2,1-2H3. The molecule has 0 radical (unpaired) electrons. The lowest BCUT2D eigenvalue weighted by atomic mass is 10.1. The molecule has 0 aromatic heterocycles. The summed E-state index contributed by atoms with van der Waals surface area (Å²) >= 11 is 0. The summed E-state index contributed by atoms with van der Waals surface area (Å²) in [5.41, 5.74) is 5.45. The third-order valence-corrected chi connectivity index (χ3v) is 3.40. The van der Waals surface area contributed by atoms with Crippen LogP contribution in [-0.2, 0) is 4.74 Å². The molecule has 0 saturated heterocycles. The van der Waals surface area contributed by atoms with Crippen LogP contribution >= 0.6 is 0 Å². The average molecular weight is 272 g/mol. The number of ether oxygens (including phenoxy) is 1. The predicted octanol–water partition coefficient (Wildman–Crippen LogP) is 3.47. The van der Waals surface area contributed by atoms with Crippen LogP contribution in [0.2, 0.25) is 0 Å². The quantitative estimate of drug-likeness (QED) is 0.449. The fraction of sp³-hybridized carbons (Fsp3) is 1.00. The van der Waals surface area contributed by atoms with Crippen molar-refractivity contribution in [2.75, 3.05) is 26.2 Å². The van der Waals surface area contributed by atoms with Gasteiger partial charge in [0.1, 0.15) is 0 Å². The minimum atomic E-state index is 0.492. The van der Waals surface area contributed by atoms with Gasteiger partial charge in [-0.3, -0.25) is 0 Å². The Morgan fingerprint density at radius 2 is 1.68 bits per heavy atom. The fourth-order valence-corrected chi connectivity index (χ4v) is 2.23. The molecule has 0 bridgehead atoms. The molecular weight excluding hydrogens is 236 g/mol. The Bertz CT molecular complexity index is 165. The van der Waals surface area contributed by atoms with Crippen molar-refractivity contribution in [3.05, 3.63) is 0 Å². The molecular formula is C16H36N2O. The zero-order valence-corrected chi connectivity index (χ0v) is 13.3. The van der Waals surface area contributed by atoms with E-state index in [0.717, 1.165) is 39.1 Å². The van der Waals surface area contributed by atoms with Gasteiger partial charge in [-0.15, -0.1) is 0 Å². The van der Waals surface area contributed by atoms with E-state index in [1.165, 1.54) is 44.9 Å². The van der Waals surface area contributed by atoms with Crippen molar-refractivity contribution >= 4 is 0 Å². The van der Waals surface area contributed by atoms with E-state index in [2.05, 4.69) is 19.2 Å². The molecule has 0 aliphatic carbocycles. The minimum Gasteiger partial charge on any atom is -0.378 e. The topological polar surface area (TPSA) is 47.3 Å². The second-order valence-electron chi connectivity index (χ2n) is 5.38. The van der Waals surface area contributed by atoms with Gasteiger partial charge in [0, 0.05) is 6.61 Å². The molecule has 0 saturated carbocycles. The predicted molar refractivity (Wildman–Crippen MR) is 84.6 cm³/mol. The zero-order valence-electron chi connectivity index (χ0n) is 13.3. The minimum absolute atomic E-state index is 0.492. The van der Waals surface area contributed by atoms with Crippen LogP contribution in [0.25, 0.3) is 0 Å². The summed E-state index contributed by atoms with van der Waals surface area (Å²) in [4.78, 5) is 0. The molecule has 0 aliphatic heterocycles. The van der Waals surface area contributed by atoms with E-state index < -0.39 is 0 Å². The Kier molecular flexibility index (Phi) is 15.8.